The van der Waals surface area contributed by atoms with Gasteiger partial charge in [0.25, 0.3) is 0 Å². The highest BCUT2D eigenvalue weighted by Gasteiger charge is 2.43. The maximum atomic E-state index is 13.0. The van der Waals surface area contributed by atoms with Crippen molar-refractivity contribution in [2.24, 2.45) is 11.8 Å². The van der Waals surface area contributed by atoms with Crippen LogP contribution in [0.15, 0.2) is 30.5 Å². The molecule has 0 aliphatic carbocycles. The third kappa shape index (κ3) is 8.07. The Labute approximate surface area is 223 Å². The molecule has 1 fully saturated rings. The molecule has 0 bridgehead atoms. The number of aromatic nitrogens is 3. The highest BCUT2D eigenvalue weighted by molar-refractivity contribution is 5.79. The monoisotopic (exact) mass is 524 g/mol. The lowest BCUT2D eigenvalue weighted by Gasteiger charge is -2.37. The minimum atomic E-state index is -0.763. The number of benzene rings is 1. The number of esters is 2. The summed E-state index contributed by atoms with van der Waals surface area (Å²) in [5, 5.41) is 20.9. The molecule has 0 unspecified atom stereocenters. The van der Waals surface area contributed by atoms with Crippen LogP contribution in [-0.2, 0) is 30.3 Å². The standard InChI is InChI=1S/C28H36N4O6/c1-4-5-6-7-10-22-26(38-27(22)35)16-21(37-28(36)23(29-18-33)15-19(2)3)14-13-20-17-32(31-30-20)24-11-8-9-12-25(24)34/h1,8-9,11-12,17-19,21-23,26,34H,5-7,10,13-16H2,2-3H3,(H,29,33)/t21-,22-,23-,26-/m0/s1. The molecule has 2 aromatic rings. The Balaban J connectivity index is 1.68. The van der Waals surface area contributed by atoms with Crippen LogP contribution < -0.4 is 5.32 Å². The molecule has 2 heterocycles. The van der Waals surface area contributed by atoms with E-state index in [0.717, 1.165) is 12.8 Å². The number of nitrogens with one attached hydrogen (secondary N) is 1. The molecule has 1 aromatic heterocycles. The number of aromatic hydroxyl groups is 1. The van der Waals surface area contributed by atoms with E-state index in [1.54, 1.807) is 30.5 Å². The SMILES string of the molecule is C#CCCCC[C@@H]1C(=O)O[C@H]1C[C@H](CCc1cn(-c2ccccc2O)nn1)OC(=O)[C@H](CC(C)C)NC=O. The van der Waals surface area contributed by atoms with Crippen LogP contribution in [0.1, 0.15) is 64.5 Å². The fourth-order valence-corrected chi connectivity index (χ4v) is 4.52. The topological polar surface area (TPSA) is 133 Å². The molecular weight excluding hydrogens is 488 g/mol. The second-order valence-corrected chi connectivity index (χ2v) is 9.97. The number of phenols is 1. The molecule has 10 heteroatoms. The number of hydrogen-bond acceptors (Lipinski definition) is 8. The Hall–Kier alpha value is -3.87. The van der Waals surface area contributed by atoms with Gasteiger partial charge in [0.15, 0.2) is 0 Å². The summed E-state index contributed by atoms with van der Waals surface area (Å²) in [4.78, 5) is 36.1. The minimum absolute atomic E-state index is 0.0784. The van der Waals surface area contributed by atoms with Gasteiger partial charge in [-0.3, -0.25) is 9.59 Å². The smallest absolute Gasteiger partial charge is 0.328 e. The van der Waals surface area contributed by atoms with Crippen LogP contribution in [0.3, 0.4) is 0 Å². The third-order valence-corrected chi connectivity index (χ3v) is 6.54. The number of para-hydroxylation sites is 2. The van der Waals surface area contributed by atoms with Gasteiger partial charge in [-0.05, 0) is 50.2 Å². The molecule has 1 aliphatic heterocycles. The van der Waals surface area contributed by atoms with Gasteiger partial charge in [-0.15, -0.1) is 17.4 Å². The predicted octanol–water partition coefficient (Wildman–Crippen LogP) is 3.10. The average molecular weight is 525 g/mol. The Morgan fingerprint density at radius 2 is 2.13 bits per heavy atom. The van der Waals surface area contributed by atoms with E-state index in [1.807, 2.05) is 13.8 Å². The van der Waals surface area contributed by atoms with E-state index >= 15 is 0 Å². The maximum absolute atomic E-state index is 13.0. The zero-order valence-corrected chi connectivity index (χ0v) is 21.9. The molecule has 1 aliphatic rings. The number of terminal acetylenes is 1. The number of hydrogen-bond donors (Lipinski definition) is 2. The largest absolute Gasteiger partial charge is 0.506 e. The van der Waals surface area contributed by atoms with E-state index in [-0.39, 0.29) is 29.7 Å². The van der Waals surface area contributed by atoms with Gasteiger partial charge in [0.1, 0.15) is 29.7 Å². The maximum Gasteiger partial charge on any atom is 0.328 e. The molecule has 0 saturated carbocycles. The number of carbonyl (C=O) groups is 3. The highest BCUT2D eigenvalue weighted by Crippen LogP contribution is 2.32. The molecular formula is C28H36N4O6. The van der Waals surface area contributed by atoms with Gasteiger partial charge in [-0.25, -0.2) is 9.48 Å². The zero-order valence-electron chi connectivity index (χ0n) is 21.9. The van der Waals surface area contributed by atoms with Crippen molar-refractivity contribution in [2.75, 3.05) is 0 Å². The van der Waals surface area contributed by atoms with Crippen LogP contribution in [0.4, 0.5) is 0 Å². The summed E-state index contributed by atoms with van der Waals surface area (Å²) in [6.07, 6.45) is 11.2. The van der Waals surface area contributed by atoms with Crippen LogP contribution in [0.2, 0.25) is 0 Å². The number of phenolic OH excluding ortho intramolecular Hbond substituents is 1. The second-order valence-electron chi connectivity index (χ2n) is 9.97. The highest BCUT2D eigenvalue weighted by atomic mass is 16.6. The molecule has 1 saturated heterocycles. The van der Waals surface area contributed by atoms with Crippen molar-refractivity contribution in [1.82, 2.24) is 20.3 Å². The van der Waals surface area contributed by atoms with Crippen LogP contribution in [0.5, 0.6) is 5.75 Å². The number of aryl methyl sites for hydroxylation is 1. The fraction of sp³-hybridized carbons (Fsp3) is 0.536. The molecule has 1 amide bonds. The van der Waals surface area contributed by atoms with Crippen molar-refractivity contribution in [3.8, 4) is 23.8 Å². The van der Waals surface area contributed by atoms with Crippen molar-refractivity contribution in [2.45, 2.75) is 83.5 Å². The Morgan fingerprint density at radius 1 is 1.34 bits per heavy atom. The van der Waals surface area contributed by atoms with Crippen molar-refractivity contribution in [3.05, 3.63) is 36.2 Å². The second kappa shape index (κ2) is 14.2. The molecule has 4 atom stereocenters. The van der Waals surface area contributed by atoms with Crippen LogP contribution in [0, 0.1) is 24.2 Å². The fourth-order valence-electron chi connectivity index (χ4n) is 4.52. The summed E-state index contributed by atoms with van der Waals surface area (Å²) in [6, 6.07) is 6.03. The van der Waals surface area contributed by atoms with Gasteiger partial charge < -0.3 is 19.9 Å². The Morgan fingerprint density at radius 3 is 2.82 bits per heavy atom. The van der Waals surface area contributed by atoms with E-state index in [2.05, 4.69) is 21.5 Å². The third-order valence-electron chi connectivity index (χ3n) is 6.54. The summed E-state index contributed by atoms with van der Waals surface area (Å²) in [5.41, 5.74) is 1.15. The summed E-state index contributed by atoms with van der Waals surface area (Å²) in [7, 11) is 0. The number of carbonyl (C=O) groups excluding carboxylic acids is 3. The summed E-state index contributed by atoms with van der Waals surface area (Å²) >= 11 is 0. The van der Waals surface area contributed by atoms with E-state index in [0.29, 0.717) is 56.3 Å². The van der Waals surface area contributed by atoms with E-state index in [1.165, 1.54) is 4.68 Å². The lowest BCUT2D eigenvalue weighted by atomic mass is 9.86. The van der Waals surface area contributed by atoms with Gasteiger partial charge in [-0.2, -0.15) is 0 Å². The van der Waals surface area contributed by atoms with Crippen LogP contribution in [0.25, 0.3) is 5.69 Å². The zero-order chi connectivity index (χ0) is 27.5. The molecule has 3 rings (SSSR count). The average Bonchev–Trinajstić information content (AvgIpc) is 3.35. The summed E-state index contributed by atoms with van der Waals surface area (Å²) < 4.78 is 12.8. The van der Waals surface area contributed by atoms with Gasteiger partial charge >= 0.3 is 11.9 Å². The number of nitrogens with zero attached hydrogens (tertiary/aromatic N) is 3. The number of unbranched alkanes of at least 4 members (excludes halogenated alkanes) is 2. The quantitative estimate of drug-likeness (QED) is 0.148. The first kappa shape index (κ1) is 28.7. The predicted molar refractivity (Wildman–Crippen MR) is 139 cm³/mol. The van der Waals surface area contributed by atoms with Gasteiger partial charge in [0.2, 0.25) is 6.41 Å². The normalized spacial score (nSPS) is 18.1. The molecule has 204 valence electrons. The Kier molecular flexibility index (Phi) is 10.7. The lowest BCUT2D eigenvalue weighted by molar-refractivity contribution is -0.190. The Bertz CT molecular complexity index is 1120. The van der Waals surface area contributed by atoms with Gasteiger partial charge in [0.05, 0.1) is 17.8 Å². The first-order valence-electron chi connectivity index (χ1n) is 13.1. The first-order valence-corrected chi connectivity index (χ1v) is 13.1. The molecule has 1 aromatic carbocycles. The molecule has 0 spiro atoms. The molecule has 2 N–H and O–H groups in total. The van der Waals surface area contributed by atoms with Crippen molar-refractivity contribution in [3.63, 3.8) is 0 Å². The van der Waals surface area contributed by atoms with Crippen molar-refractivity contribution >= 4 is 18.3 Å². The van der Waals surface area contributed by atoms with E-state index in [4.69, 9.17) is 15.9 Å². The minimum Gasteiger partial charge on any atom is -0.506 e. The molecule has 10 nitrogen and oxygen atoms in total. The van der Waals surface area contributed by atoms with Crippen molar-refractivity contribution in [1.29, 1.82) is 0 Å². The van der Waals surface area contributed by atoms with E-state index < -0.39 is 18.1 Å². The summed E-state index contributed by atoms with van der Waals surface area (Å²) in [6.45, 7) is 3.91. The lowest BCUT2D eigenvalue weighted by Crippen LogP contribution is -2.48. The van der Waals surface area contributed by atoms with E-state index in [9.17, 15) is 19.5 Å². The summed E-state index contributed by atoms with van der Waals surface area (Å²) in [5.74, 6) is 1.83. The van der Waals surface area contributed by atoms with Crippen LogP contribution in [-0.4, -0.2) is 56.7 Å². The number of rotatable bonds is 16. The van der Waals surface area contributed by atoms with Crippen molar-refractivity contribution < 1.29 is 29.0 Å². The molecule has 0 radical (unpaired) electrons. The first-order chi connectivity index (χ1) is 18.3. The molecule has 38 heavy (non-hydrogen) atoms. The number of ether oxygens (including phenoxy) is 2. The van der Waals surface area contributed by atoms with Gasteiger partial charge in [-0.1, -0.05) is 37.6 Å². The van der Waals surface area contributed by atoms with Gasteiger partial charge in [0, 0.05) is 12.8 Å². The van der Waals surface area contributed by atoms with Crippen LogP contribution >= 0.6 is 0 Å². The number of amides is 1. The number of cyclic esters (lactones) is 1.